The number of halogens is 2. The van der Waals surface area contributed by atoms with Gasteiger partial charge in [0.05, 0.1) is 29.3 Å². The van der Waals surface area contributed by atoms with Crippen LogP contribution in [-0.4, -0.2) is 45.1 Å². The summed E-state index contributed by atoms with van der Waals surface area (Å²) in [7, 11) is 0. The number of aryl methyl sites for hydroxylation is 2. The van der Waals surface area contributed by atoms with Crippen LogP contribution < -0.4 is 5.73 Å². The molecule has 0 aliphatic heterocycles. The molecule has 0 aliphatic carbocycles. The van der Waals surface area contributed by atoms with Crippen LogP contribution in [0.4, 0.5) is 15.3 Å². The van der Waals surface area contributed by atoms with Crippen LogP contribution in [0.5, 0.6) is 0 Å². The third-order valence-corrected chi connectivity index (χ3v) is 7.03. The third kappa shape index (κ3) is 14.1. The molecular formula is C36H45Br2N3O7. The Labute approximate surface area is 299 Å². The lowest BCUT2D eigenvalue weighted by atomic mass is 10.0. The van der Waals surface area contributed by atoms with Crippen molar-refractivity contribution in [1.82, 2.24) is 9.97 Å². The lowest BCUT2D eigenvalue weighted by Gasteiger charge is -2.20. The SMILES string of the molecule is CC(C)(C)OC(=O)OC(=O)OC(C)(C)C.Cc1c(CC(=O)OC(C)(C)C)cnc2ccc(Br)cc12.Cc1c(N)cnc2ccc(Br)cc12. The minimum Gasteiger partial charge on any atom is -0.460 e. The van der Waals surface area contributed by atoms with Gasteiger partial charge in [0.1, 0.15) is 16.8 Å². The number of rotatable bonds is 2. The minimum atomic E-state index is -1.06. The molecule has 0 saturated carbocycles. The van der Waals surface area contributed by atoms with Gasteiger partial charge in [0.2, 0.25) is 0 Å². The molecule has 0 radical (unpaired) electrons. The highest BCUT2D eigenvalue weighted by Crippen LogP contribution is 2.25. The van der Waals surface area contributed by atoms with Crippen LogP contribution >= 0.6 is 31.9 Å². The first kappa shape index (κ1) is 40.4. The van der Waals surface area contributed by atoms with E-state index >= 15 is 0 Å². The topological polar surface area (TPSA) is 140 Å². The number of hydrogen-bond donors (Lipinski definition) is 1. The molecule has 260 valence electrons. The molecule has 0 atom stereocenters. The smallest absolute Gasteiger partial charge is 0.460 e. The second-order valence-electron chi connectivity index (χ2n) is 13.9. The Balaban J connectivity index is 0.000000257. The quantitative estimate of drug-likeness (QED) is 0.119. The van der Waals surface area contributed by atoms with E-state index in [1.165, 1.54) is 0 Å². The Morgan fingerprint density at radius 2 is 1.08 bits per heavy atom. The van der Waals surface area contributed by atoms with Crippen molar-refractivity contribution in [3.8, 4) is 0 Å². The average Bonchev–Trinajstić information content (AvgIpc) is 2.90. The molecular weight excluding hydrogens is 746 g/mol. The summed E-state index contributed by atoms with van der Waals surface area (Å²) in [6.07, 6.45) is 1.59. The standard InChI is InChI=1S/C16H18BrNO2.C10H9BrN2.C10H18O5/c1-10-11(7-15(19)20-16(2,3)4)9-18-14-6-5-12(17)8-13(10)14;1-6-8-4-7(11)2-3-10(8)13-5-9(6)12;1-9(2,3)14-7(11)13-8(12)15-10(4,5)6/h5-6,8-9H,7H2,1-4H3;2-5H,12H2,1H3;1-6H3. The molecule has 0 aliphatic rings. The lowest BCUT2D eigenvalue weighted by Crippen LogP contribution is -2.29. The summed E-state index contributed by atoms with van der Waals surface area (Å²) in [5.41, 5.74) is 9.63. The molecule has 0 amide bonds. The lowest BCUT2D eigenvalue weighted by molar-refractivity contribution is -0.153. The van der Waals surface area contributed by atoms with Crippen LogP contribution in [0.15, 0.2) is 57.7 Å². The molecule has 0 unspecified atom stereocenters. The summed E-state index contributed by atoms with van der Waals surface area (Å²) >= 11 is 6.88. The van der Waals surface area contributed by atoms with E-state index in [0.717, 1.165) is 53.1 Å². The molecule has 0 spiro atoms. The fraction of sp³-hybridized carbons (Fsp3) is 0.417. The fourth-order valence-electron chi connectivity index (χ4n) is 3.97. The van der Waals surface area contributed by atoms with Crippen molar-refractivity contribution in [2.24, 2.45) is 0 Å². The zero-order valence-electron chi connectivity index (χ0n) is 29.4. The Kier molecular flexibility index (Phi) is 13.9. The van der Waals surface area contributed by atoms with Crippen LogP contribution in [0.2, 0.25) is 0 Å². The molecule has 2 N–H and O–H groups in total. The number of fused-ring (bicyclic) bond motifs is 2. The van der Waals surface area contributed by atoms with Gasteiger partial charge in [-0.25, -0.2) is 9.59 Å². The minimum absolute atomic E-state index is 0.225. The van der Waals surface area contributed by atoms with E-state index < -0.39 is 29.1 Å². The van der Waals surface area contributed by atoms with Crippen molar-refractivity contribution in [1.29, 1.82) is 0 Å². The number of pyridine rings is 2. The summed E-state index contributed by atoms with van der Waals surface area (Å²) in [5.74, 6) is -0.225. The van der Waals surface area contributed by atoms with E-state index in [-0.39, 0.29) is 12.4 Å². The maximum Gasteiger partial charge on any atom is 0.519 e. The Bertz CT molecular complexity index is 1740. The number of esters is 1. The normalized spacial score (nSPS) is 11.4. The van der Waals surface area contributed by atoms with Gasteiger partial charge in [0.15, 0.2) is 0 Å². The van der Waals surface area contributed by atoms with Crippen molar-refractivity contribution in [2.75, 3.05) is 5.73 Å². The number of nitrogens with zero attached hydrogens (tertiary/aromatic N) is 2. The van der Waals surface area contributed by atoms with Crippen molar-refractivity contribution in [2.45, 2.75) is 99.4 Å². The summed E-state index contributed by atoms with van der Waals surface area (Å²) in [5, 5.41) is 2.16. The van der Waals surface area contributed by atoms with Crippen LogP contribution in [0.1, 0.15) is 79.0 Å². The molecule has 2 heterocycles. The second-order valence-corrected chi connectivity index (χ2v) is 15.7. The Hall–Kier alpha value is -3.77. The molecule has 0 bridgehead atoms. The van der Waals surface area contributed by atoms with Crippen LogP contribution in [0, 0.1) is 13.8 Å². The van der Waals surface area contributed by atoms with E-state index in [9.17, 15) is 14.4 Å². The molecule has 0 saturated heterocycles. The zero-order chi connectivity index (χ0) is 36.6. The molecule has 2 aromatic heterocycles. The predicted molar refractivity (Wildman–Crippen MR) is 196 cm³/mol. The summed E-state index contributed by atoms with van der Waals surface area (Å²) in [6, 6.07) is 11.9. The maximum absolute atomic E-state index is 11.9. The maximum atomic E-state index is 11.9. The number of ether oxygens (including phenoxy) is 4. The second kappa shape index (κ2) is 16.6. The van der Waals surface area contributed by atoms with Gasteiger partial charge in [-0.2, -0.15) is 0 Å². The highest BCUT2D eigenvalue weighted by atomic mass is 79.9. The molecule has 4 aromatic rings. The Morgan fingerprint density at radius 3 is 1.52 bits per heavy atom. The van der Waals surface area contributed by atoms with Crippen molar-refractivity contribution >= 4 is 77.6 Å². The number of carbonyl (C=O) groups is 3. The van der Waals surface area contributed by atoms with Crippen LogP contribution in [0.25, 0.3) is 21.8 Å². The number of carbonyl (C=O) groups excluding carboxylic acids is 3. The van der Waals surface area contributed by atoms with Crippen molar-refractivity contribution < 1.29 is 33.3 Å². The van der Waals surface area contributed by atoms with E-state index in [1.807, 2.05) is 71.0 Å². The van der Waals surface area contributed by atoms with Gasteiger partial charge < -0.3 is 24.7 Å². The molecule has 2 aromatic carbocycles. The van der Waals surface area contributed by atoms with Crippen molar-refractivity contribution in [3.05, 3.63) is 74.4 Å². The van der Waals surface area contributed by atoms with Crippen LogP contribution in [0.3, 0.4) is 0 Å². The van der Waals surface area contributed by atoms with E-state index in [0.29, 0.717) is 0 Å². The molecule has 12 heteroatoms. The summed E-state index contributed by atoms with van der Waals surface area (Å²) in [6.45, 7) is 19.6. The van der Waals surface area contributed by atoms with Gasteiger partial charge in [-0.3, -0.25) is 14.8 Å². The van der Waals surface area contributed by atoms with Gasteiger partial charge in [0.25, 0.3) is 0 Å². The average molecular weight is 792 g/mol. The van der Waals surface area contributed by atoms with E-state index in [1.54, 1.807) is 53.9 Å². The molecule has 4 rings (SSSR count). The number of hydrogen-bond acceptors (Lipinski definition) is 10. The largest absolute Gasteiger partial charge is 0.519 e. The van der Waals surface area contributed by atoms with E-state index in [4.69, 9.17) is 19.9 Å². The van der Waals surface area contributed by atoms with Gasteiger partial charge in [0, 0.05) is 25.9 Å². The van der Waals surface area contributed by atoms with Crippen LogP contribution in [-0.2, 0) is 30.2 Å². The fourth-order valence-corrected chi connectivity index (χ4v) is 4.69. The number of aromatic nitrogens is 2. The number of nitrogens with two attached hydrogens (primary N) is 1. The Morgan fingerprint density at radius 1 is 0.667 bits per heavy atom. The first-order chi connectivity index (χ1) is 21.9. The zero-order valence-corrected chi connectivity index (χ0v) is 32.6. The highest BCUT2D eigenvalue weighted by Gasteiger charge is 2.24. The number of nitrogen functional groups attached to an aromatic ring is 1. The monoisotopic (exact) mass is 789 g/mol. The molecule has 48 heavy (non-hydrogen) atoms. The first-order valence-electron chi connectivity index (χ1n) is 15.1. The van der Waals surface area contributed by atoms with Crippen molar-refractivity contribution in [3.63, 3.8) is 0 Å². The summed E-state index contributed by atoms with van der Waals surface area (Å²) in [4.78, 5) is 42.6. The van der Waals surface area contributed by atoms with E-state index in [2.05, 4.69) is 46.6 Å². The molecule has 10 nitrogen and oxygen atoms in total. The first-order valence-corrected chi connectivity index (χ1v) is 16.7. The third-order valence-electron chi connectivity index (χ3n) is 6.04. The number of benzene rings is 2. The summed E-state index contributed by atoms with van der Waals surface area (Å²) < 4.78 is 21.2. The number of anilines is 1. The van der Waals surface area contributed by atoms with Gasteiger partial charge in [-0.15, -0.1) is 0 Å². The molecule has 0 fully saturated rings. The highest BCUT2D eigenvalue weighted by molar-refractivity contribution is 9.10. The van der Waals surface area contributed by atoms with Gasteiger partial charge in [-0.1, -0.05) is 31.9 Å². The van der Waals surface area contributed by atoms with Gasteiger partial charge >= 0.3 is 18.3 Å². The van der Waals surface area contributed by atoms with Gasteiger partial charge in [-0.05, 0) is 129 Å². The predicted octanol–water partition coefficient (Wildman–Crippen LogP) is 9.95.